The van der Waals surface area contributed by atoms with Gasteiger partial charge in [0.05, 0.1) is 11.4 Å². The topological polar surface area (TPSA) is 28.7 Å². The number of H-pyrrole nitrogens is 1. The summed E-state index contributed by atoms with van der Waals surface area (Å²) in [7, 11) is 0. The molecule has 5 rings (SSSR count). The van der Waals surface area contributed by atoms with Crippen molar-refractivity contribution >= 4 is 0 Å². The molecule has 2 heteroatoms. The maximum absolute atomic E-state index is 5.00. The van der Waals surface area contributed by atoms with Gasteiger partial charge >= 0.3 is 0 Å². The summed E-state index contributed by atoms with van der Waals surface area (Å²) in [6.45, 7) is 2.11. The lowest BCUT2D eigenvalue weighted by molar-refractivity contribution is 1.31. The average Bonchev–Trinajstić information content (AvgIpc) is 3.26. The van der Waals surface area contributed by atoms with Gasteiger partial charge in [-0.05, 0) is 18.1 Å². The third kappa shape index (κ3) is 3.56. The fourth-order valence-corrected chi connectivity index (χ4v) is 3.70. The number of aromatic nitrogens is 2. The van der Waals surface area contributed by atoms with Crippen LogP contribution in [-0.4, -0.2) is 9.97 Å². The van der Waals surface area contributed by atoms with Crippen LogP contribution in [0.3, 0.4) is 0 Å². The quantitative estimate of drug-likeness (QED) is 0.343. The first-order chi connectivity index (χ1) is 14.8. The summed E-state index contributed by atoms with van der Waals surface area (Å²) in [6.07, 6.45) is 0. The summed E-state index contributed by atoms with van der Waals surface area (Å²) in [5, 5.41) is 0. The van der Waals surface area contributed by atoms with Gasteiger partial charge in [0.1, 0.15) is 5.82 Å². The van der Waals surface area contributed by atoms with Crippen molar-refractivity contribution in [1.29, 1.82) is 0 Å². The molecule has 0 spiro atoms. The molecule has 1 aromatic heterocycles. The first kappa shape index (κ1) is 18.1. The van der Waals surface area contributed by atoms with E-state index in [0.717, 1.165) is 33.9 Å². The molecule has 0 saturated carbocycles. The predicted octanol–water partition coefficient (Wildman–Crippen LogP) is 7.39. The number of aryl methyl sites for hydroxylation is 1. The maximum Gasteiger partial charge on any atom is 0.138 e. The van der Waals surface area contributed by atoms with Crippen LogP contribution in [0.1, 0.15) is 5.56 Å². The van der Waals surface area contributed by atoms with Crippen molar-refractivity contribution in [3.8, 4) is 45.0 Å². The van der Waals surface area contributed by atoms with E-state index >= 15 is 0 Å². The van der Waals surface area contributed by atoms with Crippen molar-refractivity contribution in [3.63, 3.8) is 0 Å². The van der Waals surface area contributed by atoms with Crippen molar-refractivity contribution in [2.75, 3.05) is 0 Å². The molecule has 30 heavy (non-hydrogen) atoms. The molecule has 5 aromatic rings. The zero-order chi connectivity index (χ0) is 20.3. The molecule has 0 radical (unpaired) electrons. The predicted molar refractivity (Wildman–Crippen MR) is 125 cm³/mol. The number of hydrogen-bond acceptors (Lipinski definition) is 1. The monoisotopic (exact) mass is 386 g/mol. The van der Waals surface area contributed by atoms with E-state index in [0.29, 0.717) is 0 Å². The van der Waals surface area contributed by atoms with Gasteiger partial charge in [-0.1, -0.05) is 115 Å². The molecule has 1 heterocycles. The molecule has 0 unspecified atom stereocenters. The van der Waals surface area contributed by atoms with Crippen LogP contribution in [0.4, 0.5) is 0 Å². The Morgan fingerprint density at radius 1 is 0.500 bits per heavy atom. The molecule has 0 aliphatic heterocycles. The van der Waals surface area contributed by atoms with Gasteiger partial charge in [0, 0.05) is 16.7 Å². The number of hydrogen-bond donors (Lipinski definition) is 1. The lowest BCUT2D eigenvalue weighted by atomic mass is 10.0. The van der Waals surface area contributed by atoms with Crippen LogP contribution in [0.15, 0.2) is 109 Å². The normalized spacial score (nSPS) is 10.8. The van der Waals surface area contributed by atoms with Crippen LogP contribution in [-0.2, 0) is 0 Å². The van der Waals surface area contributed by atoms with Crippen LogP contribution in [0.2, 0.25) is 0 Å². The van der Waals surface area contributed by atoms with Crippen molar-refractivity contribution in [2.24, 2.45) is 0 Å². The Morgan fingerprint density at radius 3 is 1.63 bits per heavy atom. The van der Waals surface area contributed by atoms with E-state index < -0.39 is 0 Å². The van der Waals surface area contributed by atoms with Gasteiger partial charge in [-0.25, -0.2) is 4.98 Å². The molecule has 2 nitrogen and oxygen atoms in total. The Labute approximate surface area is 176 Å². The van der Waals surface area contributed by atoms with E-state index in [4.69, 9.17) is 4.98 Å². The average molecular weight is 386 g/mol. The second kappa shape index (κ2) is 7.84. The van der Waals surface area contributed by atoms with Gasteiger partial charge in [0.15, 0.2) is 0 Å². The first-order valence-corrected chi connectivity index (χ1v) is 10.2. The van der Waals surface area contributed by atoms with Crippen LogP contribution in [0.25, 0.3) is 45.0 Å². The summed E-state index contributed by atoms with van der Waals surface area (Å²) in [4.78, 5) is 8.58. The third-order valence-corrected chi connectivity index (χ3v) is 5.36. The van der Waals surface area contributed by atoms with Crippen molar-refractivity contribution in [1.82, 2.24) is 9.97 Å². The fraction of sp³-hybridized carbons (Fsp3) is 0.0357. The van der Waals surface area contributed by atoms with Gasteiger partial charge in [-0.2, -0.15) is 0 Å². The van der Waals surface area contributed by atoms with Crippen LogP contribution in [0, 0.1) is 6.92 Å². The van der Waals surface area contributed by atoms with Gasteiger partial charge < -0.3 is 4.98 Å². The molecule has 144 valence electrons. The fourth-order valence-electron chi connectivity index (χ4n) is 3.70. The van der Waals surface area contributed by atoms with Gasteiger partial charge in [-0.3, -0.25) is 0 Å². The maximum atomic E-state index is 5.00. The van der Waals surface area contributed by atoms with E-state index in [-0.39, 0.29) is 0 Å². The van der Waals surface area contributed by atoms with E-state index in [2.05, 4.69) is 109 Å². The summed E-state index contributed by atoms with van der Waals surface area (Å²) in [5.41, 5.74) is 9.00. The van der Waals surface area contributed by atoms with Crippen molar-refractivity contribution < 1.29 is 0 Å². The summed E-state index contributed by atoms with van der Waals surface area (Å²) in [5.74, 6) is 0.879. The first-order valence-electron chi connectivity index (χ1n) is 10.2. The summed E-state index contributed by atoms with van der Waals surface area (Å²) in [6, 6.07) is 37.9. The molecule has 1 N–H and O–H groups in total. The van der Waals surface area contributed by atoms with Gasteiger partial charge in [-0.15, -0.1) is 0 Å². The molecule has 4 aromatic carbocycles. The molecular weight excluding hydrogens is 364 g/mol. The standard InChI is InChI=1S/C28H22N2/c1-20-12-14-24(15-13-20)27-26(23-10-6-3-7-11-23)29-28(30-27)25-18-16-22(17-19-25)21-8-4-2-5-9-21/h2-19H,1H3,(H,29,30). The number of benzene rings is 4. The molecule has 0 bridgehead atoms. The highest BCUT2D eigenvalue weighted by atomic mass is 14.9. The van der Waals surface area contributed by atoms with Gasteiger partial charge in [0.25, 0.3) is 0 Å². The smallest absolute Gasteiger partial charge is 0.138 e. The second-order valence-electron chi connectivity index (χ2n) is 7.48. The lowest BCUT2D eigenvalue weighted by Crippen LogP contribution is -1.84. The zero-order valence-electron chi connectivity index (χ0n) is 16.8. The zero-order valence-corrected chi connectivity index (χ0v) is 16.8. The van der Waals surface area contributed by atoms with Crippen LogP contribution in [0.5, 0.6) is 0 Å². The Hall–Kier alpha value is -3.91. The molecule has 0 amide bonds. The third-order valence-electron chi connectivity index (χ3n) is 5.36. The Morgan fingerprint density at radius 2 is 1.00 bits per heavy atom. The number of imidazole rings is 1. The molecule has 0 aliphatic rings. The number of nitrogens with zero attached hydrogens (tertiary/aromatic N) is 1. The minimum absolute atomic E-state index is 0.879. The highest BCUT2D eigenvalue weighted by Crippen LogP contribution is 2.33. The van der Waals surface area contributed by atoms with Crippen LogP contribution >= 0.6 is 0 Å². The molecule has 0 saturated heterocycles. The number of nitrogens with one attached hydrogen (secondary N) is 1. The van der Waals surface area contributed by atoms with E-state index in [1.807, 2.05) is 12.1 Å². The number of rotatable bonds is 4. The minimum Gasteiger partial charge on any atom is -0.337 e. The lowest BCUT2D eigenvalue weighted by Gasteiger charge is -2.04. The largest absolute Gasteiger partial charge is 0.337 e. The Kier molecular flexibility index (Phi) is 4.74. The Bertz CT molecular complexity index is 1250. The van der Waals surface area contributed by atoms with E-state index in [1.165, 1.54) is 16.7 Å². The summed E-state index contributed by atoms with van der Waals surface area (Å²) < 4.78 is 0. The highest BCUT2D eigenvalue weighted by molar-refractivity contribution is 5.81. The van der Waals surface area contributed by atoms with Crippen molar-refractivity contribution in [3.05, 3.63) is 115 Å². The summed E-state index contributed by atoms with van der Waals surface area (Å²) >= 11 is 0. The Balaban J connectivity index is 1.58. The minimum atomic E-state index is 0.879. The number of aromatic amines is 1. The van der Waals surface area contributed by atoms with E-state index in [9.17, 15) is 0 Å². The second-order valence-corrected chi connectivity index (χ2v) is 7.48. The van der Waals surface area contributed by atoms with Crippen LogP contribution < -0.4 is 0 Å². The van der Waals surface area contributed by atoms with Crippen molar-refractivity contribution in [2.45, 2.75) is 6.92 Å². The van der Waals surface area contributed by atoms with E-state index in [1.54, 1.807) is 0 Å². The molecule has 0 aliphatic carbocycles. The molecule has 0 atom stereocenters. The SMILES string of the molecule is Cc1ccc(-c2[nH]c(-c3ccc(-c4ccccc4)cc3)nc2-c2ccccc2)cc1. The molecular formula is C28H22N2. The highest BCUT2D eigenvalue weighted by Gasteiger charge is 2.15. The molecule has 0 fully saturated rings. The van der Waals surface area contributed by atoms with Gasteiger partial charge in [0.2, 0.25) is 0 Å².